The Morgan fingerprint density at radius 3 is 0.701 bits per heavy atom. The zero-order valence-electron chi connectivity index (χ0n) is 63.2. The highest BCUT2D eigenvalue weighted by Crippen LogP contribution is 2.45. The third kappa shape index (κ3) is 72.2. The number of aliphatic hydroxyl groups excluding tert-OH is 1. The molecular weight excluding hydrogens is 1270 g/mol. The van der Waals surface area contributed by atoms with Gasteiger partial charge in [-0.2, -0.15) is 0 Å². The van der Waals surface area contributed by atoms with Crippen molar-refractivity contribution in [2.24, 2.45) is 5.92 Å². The van der Waals surface area contributed by atoms with Gasteiger partial charge < -0.3 is 33.8 Å². The molecule has 5 atom stereocenters. The van der Waals surface area contributed by atoms with Crippen LogP contribution in [0.2, 0.25) is 0 Å². The summed E-state index contributed by atoms with van der Waals surface area (Å²) in [6.07, 6.45) is 60.8. The van der Waals surface area contributed by atoms with E-state index in [-0.39, 0.29) is 25.7 Å². The van der Waals surface area contributed by atoms with Gasteiger partial charge in [-0.3, -0.25) is 37.3 Å². The number of aliphatic hydroxyl groups is 1. The standard InChI is InChI=1S/C78H152O17P2/c1-6-9-12-15-18-21-24-31-37-42-47-52-57-62-76(81)89-68-74(95-78(83)64-59-54-49-44-39-34-30-28-27-29-33-35-40-45-50-55-60-71(4)5)70-93-97(86,87)91-66-72(79)65-90-96(84,85)92-69-73(67-88-75(80)61-56-51-46-41-36-26-23-20-17-14-11-8-3)94-77(82)63-58-53-48-43-38-32-25-22-19-16-13-10-7-2/h71-74,79H,6-70H2,1-5H3,(H,84,85)(H,86,87)/t72-,73+,74+/m0/s1. The van der Waals surface area contributed by atoms with Crippen molar-refractivity contribution in [3.05, 3.63) is 0 Å². The maximum Gasteiger partial charge on any atom is 0.472 e. The van der Waals surface area contributed by atoms with Gasteiger partial charge in [0.15, 0.2) is 12.2 Å². The van der Waals surface area contributed by atoms with E-state index in [2.05, 4.69) is 34.6 Å². The molecule has 97 heavy (non-hydrogen) atoms. The molecule has 17 nitrogen and oxygen atoms in total. The molecule has 0 aromatic heterocycles. The molecule has 0 fully saturated rings. The summed E-state index contributed by atoms with van der Waals surface area (Å²) in [4.78, 5) is 72.9. The summed E-state index contributed by atoms with van der Waals surface area (Å²) < 4.78 is 68.6. The van der Waals surface area contributed by atoms with Crippen LogP contribution in [0.5, 0.6) is 0 Å². The highest BCUT2D eigenvalue weighted by molar-refractivity contribution is 7.47. The number of hydrogen-bond donors (Lipinski definition) is 3. The molecule has 0 aliphatic rings. The molecular formula is C78H152O17P2. The molecule has 3 N–H and O–H groups in total. The van der Waals surface area contributed by atoms with Crippen LogP contribution >= 0.6 is 15.6 Å². The number of phosphoric ester groups is 2. The first kappa shape index (κ1) is 95.1. The second kappa shape index (κ2) is 71.1. The first-order valence-electron chi connectivity index (χ1n) is 40.6. The van der Waals surface area contributed by atoms with Crippen molar-refractivity contribution in [2.75, 3.05) is 39.6 Å². The number of hydrogen-bond acceptors (Lipinski definition) is 15. The van der Waals surface area contributed by atoms with E-state index in [0.717, 1.165) is 95.8 Å². The highest BCUT2D eigenvalue weighted by Gasteiger charge is 2.30. The summed E-state index contributed by atoms with van der Waals surface area (Å²) >= 11 is 0. The summed E-state index contributed by atoms with van der Waals surface area (Å²) in [7, 11) is -9.91. The molecule has 19 heteroatoms. The molecule has 0 rings (SSSR count). The molecule has 0 amide bonds. The van der Waals surface area contributed by atoms with Crippen molar-refractivity contribution in [1.82, 2.24) is 0 Å². The number of carbonyl (C=O) groups is 4. The Hall–Kier alpha value is -1.94. The number of carbonyl (C=O) groups excluding carboxylic acids is 4. The molecule has 0 aromatic carbocycles. The number of phosphoric acid groups is 2. The summed E-state index contributed by atoms with van der Waals surface area (Å²) in [6, 6.07) is 0. The monoisotopic (exact) mass is 1420 g/mol. The van der Waals surface area contributed by atoms with E-state index >= 15 is 0 Å². The van der Waals surface area contributed by atoms with Crippen LogP contribution in [0.25, 0.3) is 0 Å². The fraction of sp³-hybridized carbons (Fsp3) is 0.949. The lowest BCUT2D eigenvalue weighted by Gasteiger charge is -2.21. The van der Waals surface area contributed by atoms with Gasteiger partial charge in [0, 0.05) is 25.7 Å². The van der Waals surface area contributed by atoms with Gasteiger partial charge >= 0.3 is 39.5 Å². The minimum absolute atomic E-state index is 0.108. The maximum absolute atomic E-state index is 13.1. The van der Waals surface area contributed by atoms with Crippen molar-refractivity contribution >= 4 is 39.5 Å². The van der Waals surface area contributed by atoms with E-state index in [1.807, 2.05) is 0 Å². The Morgan fingerprint density at radius 2 is 0.474 bits per heavy atom. The molecule has 0 radical (unpaired) electrons. The van der Waals surface area contributed by atoms with Crippen LogP contribution in [0.3, 0.4) is 0 Å². The van der Waals surface area contributed by atoms with E-state index in [9.17, 15) is 43.2 Å². The number of rotatable bonds is 78. The van der Waals surface area contributed by atoms with E-state index in [0.29, 0.717) is 25.7 Å². The molecule has 0 heterocycles. The van der Waals surface area contributed by atoms with Crippen LogP contribution in [0.15, 0.2) is 0 Å². The van der Waals surface area contributed by atoms with Gasteiger partial charge in [-0.15, -0.1) is 0 Å². The van der Waals surface area contributed by atoms with Crippen LogP contribution in [0.4, 0.5) is 0 Å². The van der Waals surface area contributed by atoms with Crippen LogP contribution in [0.1, 0.15) is 413 Å². The van der Waals surface area contributed by atoms with Gasteiger partial charge in [0.05, 0.1) is 26.4 Å². The van der Waals surface area contributed by atoms with Crippen molar-refractivity contribution in [1.29, 1.82) is 0 Å². The minimum atomic E-state index is -4.96. The third-order valence-electron chi connectivity index (χ3n) is 18.3. The van der Waals surface area contributed by atoms with Crippen molar-refractivity contribution < 1.29 is 80.2 Å². The van der Waals surface area contributed by atoms with Gasteiger partial charge in [0.2, 0.25) is 0 Å². The Kier molecular flexibility index (Phi) is 69.6. The zero-order valence-corrected chi connectivity index (χ0v) is 65.0. The first-order valence-corrected chi connectivity index (χ1v) is 43.6. The molecule has 2 unspecified atom stereocenters. The summed E-state index contributed by atoms with van der Waals surface area (Å²) in [5.41, 5.74) is 0. The second-order valence-corrected chi connectivity index (χ2v) is 31.5. The van der Waals surface area contributed by atoms with E-state index in [4.69, 9.17) is 37.0 Å². The maximum atomic E-state index is 13.1. The molecule has 0 aliphatic carbocycles. The van der Waals surface area contributed by atoms with Crippen molar-refractivity contribution in [3.8, 4) is 0 Å². The predicted molar refractivity (Wildman–Crippen MR) is 395 cm³/mol. The van der Waals surface area contributed by atoms with E-state index < -0.39 is 97.5 Å². The number of esters is 4. The minimum Gasteiger partial charge on any atom is -0.462 e. The average molecular weight is 1420 g/mol. The SMILES string of the molecule is CCCCCCCCCCCCCCCC(=O)OC[C@H](COP(=O)(O)OC[C@@H](O)COP(=O)(O)OC[C@@H](COC(=O)CCCCCCCCCCCCCC)OC(=O)CCCCCCCCCCCCCCC)OC(=O)CCCCCCCCCCCCCCCCCCC(C)C. The molecule has 0 saturated heterocycles. The summed E-state index contributed by atoms with van der Waals surface area (Å²) in [5.74, 6) is -1.30. The normalized spacial score (nSPS) is 13.9. The predicted octanol–water partition coefficient (Wildman–Crippen LogP) is 23.3. The first-order chi connectivity index (χ1) is 47.0. The van der Waals surface area contributed by atoms with Gasteiger partial charge in [0.25, 0.3) is 0 Å². The average Bonchev–Trinajstić information content (AvgIpc) is 1.44. The number of ether oxygens (including phenoxy) is 4. The van der Waals surface area contributed by atoms with E-state index in [1.165, 1.54) is 238 Å². The Bertz CT molecular complexity index is 1860. The van der Waals surface area contributed by atoms with Gasteiger partial charge in [-0.25, -0.2) is 9.13 Å². The summed E-state index contributed by atoms with van der Waals surface area (Å²) in [5, 5.41) is 10.6. The quantitative estimate of drug-likeness (QED) is 0.0222. The zero-order chi connectivity index (χ0) is 71.2. The van der Waals surface area contributed by atoms with Gasteiger partial charge in [0.1, 0.15) is 19.3 Å². The Labute approximate surface area is 594 Å². The van der Waals surface area contributed by atoms with Gasteiger partial charge in [-0.05, 0) is 31.6 Å². The lowest BCUT2D eigenvalue weighted by atomic mass is 10.0. The van der Waals surface area contributed by atoms with Gasteiger partial charge in [-0.1, -0.05) is 362 Å². The fourth-order valence-corrected chi connectivity index (χ4v) is 13.6. The second-order valence-electron chi connectivity index (χ2n) is 28.6. The Balaban J connectivity index is 5.24. The Morgan fingerprint density at radius 1 is 0.278 bits per heavy atom. The summed E-state index contributed by atoms with van der Waals surface area (Å²) in [6.45, 7) is 7.35. The highest BCUT2D eigenvalue weighted by atomic mass is 31.2. The number of unbranched alkanes of at least 4 members (excludes halogenated alkanes) is 50. The molecule has 576 valence electrons. The van der Waals surface area contributed by atoms with Crippen molar-refractivity contribution in [2.45, 2.75) is 432 Å². The molecule has 0 saturated carbocycles. The lowest BCUT2D eigenvalue weighted by molar-refractivity contribution is -0.161. The van der Waals surface area contributed by atoms with E-state index in [1.54, 1.807) is 0 Å². The van der Waals surface area contributed by atoms with Crippen LogP contribution in [0, 0.1) is 5.92 Å². The van der Waals surface area contributed by atoms with Crippen LogP contribution < -0.4 is 0 Å². The van der Waals surface area contributed by atoms with Crippen molar-refractivity contribution in [3.63, 3.8) is 0 Å². The third-order valence-corrected chi connectivity index (χ3v) is 20.2. The molecule has 0 aromatic rings. The fourth-order valence-electron chi connectivity index (χ4n) is 12.1. The smallest absolute Gasteiger partial charge is 0.462 e. The largest absolute Gasteiger partial charge is 0.472 e. The lowest BCUT2D eigenvalue weighted by Crippen LogP contribution is -2.30. The molecule has 0 aliphatic heterocycles. The van der Waals surface area contributed by atoms with Crippen LogP contribution in [-0.4, -0.2) is 96.7 Å². The van der Waals surface area contributed by atoms with Crippen LogP contribution in [-0.2, 0) is 65.4 Å². The molecule has 0 spiro atoms. The topological polar surface area (TPSA) is 237 Å². The molecule has 0 bridgehead atoms.